The average Bonchev–Trinajstić information content (AvgIpc) is 2.80. The fourth-order valence-corrected chi connectivity index (χ4v) is 3.57. The van der Waals surface area contributed by atoms with Crippen molar-refractivity contribution in [1.82, 2.24) is 9.88 Å². The average molecular weight is 369 g/mol. The topological polar surface area (TPSA) is 65.6 Å². The number of fused-ring (bicyclic) bond motifs is 1. The molecule has 2 heterocycles. The summed E-state index contributed by atoms with van der Waals surface area (Å²) < 4.78 is 5.33. The molecule has 6 nitrogen and oxygen atoms in total. The molecule has 1 amide bonds. The summed E-state index contributed by atoms with van der Waals surface area (Å²) in [5.41, 5.74) is 4.49. The van der Waals surface area contributed by atoms with E-state index >= 15 is 0 Å². The third-order valence-corrected chi connectivity index (χ3v) is 4.95. The Balaban J connectivity index is 1.90. The van der Waals surface area contributed by atoms with Crippen molar-refractivity contribution in [2.75, 3.05) is 25.0 Å². The fraction of sp³-hybridized carbons (Fsp3) is 0.429. The molecule has 0 unspecified atom stereocenters. The van der Waals surface area contributed by atoms with Crippen molar-refractivity contribution in [2.45, 2.75) is 40.3 Å². The highest BCUT2D eigenvalue weighted by molar-refractivity contribution is 6.00. The second-order valence-electron chi connectivity index (χ2n) is 7.36. The molecule has 3 rings (SSSR count). The zero-order valence-electron chi connectivity index (χ0n) is 16.6. The van der Waals surface area contributed by atoms with Gasteiger partial charge in [0.1, 0.15) is 5.69 Å². The van der Waals surface area contributed by atoms with E-state index in [0.717, 1.165) is 17.8 Å². The summed E-state index contributed by atoms with van der Waals surface area (Å²) in [6.45, 7) is 9.14. The molecule has 1 aromatic carbocycles. The number of anilines is 1. The Morgan fingerprint density at radius 2 is 1.85 bits per heavy atom. The van der Waals surface area contributed by atoms with Gasteiger partial charge in [-0.3, -0.25) is 4.79 Å². The van der Waals surface area contributed by atoms with Gasteiger partial charge in [0.2, 0.25) is 0 Å². The predicted molar refractivity (Wildman–Crippen MR) is 105 cm³/mol. The van der Waals surface area contributed by atoms with E-state index in [2.05, 4.69) is 22.0 Å². The largest absolute Gasteiger partial charge is 0.459 e. The first-order valence-corrected chi connectivity index (χ1v) is 9.28. The van der Waals surface area contributed by atoms with Crippen LogP contribution in [0, 0.1) is 13.8 Å². The summed E-state index contributed by atoms with van der Waals surface area (Å²) in [6, 6.07) is 8.13. The minimum Gasteiger partial charge on any atom is -0.459 e. The molecule has 144 valence electrons. The Morgan fingerprint density at radius 3 is 2.56 bits per heavy atom. The Labute approximate surface area is 160 Å². The Kier molecular flexibility index (Phi) is 5.26. The number of rotatable bonds is 3. The summed E-state index contributed by atoms with van der Waals surface area (Å²) >= 11 is 0. The molecule has 1 N–H and O–H groups in total. The van der Waals surface area contributed by atoms with Crippen LogP contribution in [0.25, 0.3) is 0 Å². The van der Waals surface area contributed by atoms with Crippen LogP contribution in [0.5, 0.6) is 0 Å². The maximum absolute atomic E-state index is 13.2. The lowest BCUT2D eigenvalue weighted by molar-refractivity contribution is 0.0376. The monoisotopic (exact) mass is 369 g/mol. The zero-order chi connectivity index (χ0) is 19.7. The standard InChI is InChI=1S/C21H27N3O3/c1-13(2)27-21(26)18-14(3)19(22-15(18)4)20(25)24-11-10-23(5)17-9-7-6-8-16(17)12-24/h6-9,13,22H,10-12H2,1-5H3. The third-order valence-electron chi connectivity index (χ3n) is 4.95. The summed E-state index contributed by atoms with van der Waals surface area (Å²) in [4.78, 5) is 32.7. The van der Waals surface area contributed by atoms with Gasteiger partial charge in [0.15, 0.2) is 0 Å². The number of nitrogens with zero attached hydrogens (tertiary/aromatic N) is 2. The number of aryl methyl sites for hydroxylation is 1. The molecule has 0 aliphatic carbocycles. The molecule has 27 heavy (non-hydrogen) atoms. The van der Waals surface area contributed by atoms with Crippen LogP contribution < -0.4 is 4.90 Å². The predicted octanol–water partition coefficient (Wildman–Crippen LogP) is 3.29. The van der Waals surface area contributed by atoms with Gasteiger partial charge in [0, 0.05) is 38.1 Å². The number of H-pyrrole nitrogens is 1. The molecule has 1 aliphatic rings. The fourth-order valence-electron chi connectivity index (χ4n) is 3.57. The number of carbonyl (C=O) groups is 2. The van der Waals surface area contributed by atoms with E-state index in [1.807, 2.05) is 37.9 Å². The second kappa shape index (κ2) is 7.47. The van der Waals surface area contributed by atoms with Gasteiger partial charge < -0.3 is 19.5 Å². The van der Waals surface area contributed by atoms with Crippen LogP contribution >= 0.6 is 0 Å². The lowest BCUT2D eigenvalue weighted by Gasteiger charge is -2.21. The summed E-state index contributed by atoms with van der Waals surface area (Å²) in [6.07, 6.45) is -0.206. The number of aromatic nitrogens is 1. The first-order chi connectivity index (χ1) is 12.8. The number of para-hydroxylation sites is 1. The van der Waals surface area contributed by atoms with Crippen LogP contribution in [0.15, 0.2) is 24.3 Å². The SMILES string of the molecule is Cc1[nH]c(C(=O)N2CCN(C)c3ccccc3C2)c(C)c1C(=O)OC(C)C. The number of benzene rings is 1. The highest BCUT2D eigenvalue weighted by atomic mass is 16.5. The number of aromatic amines is 1. The van der Waals surface area contributed by atoms with Crippen molar-refractivity contribution in [3.8, 4) is 0 Å². The van der Waals surface area contributed by atoms with E-state index in [-0.39, 0.29) is 12.0 Å². The Morgan fingerprint density at radius 1 is 1.15 bits per heavy atom. The van der Waals surface area contributed by atoms with Gasteiger partial charge in [0.25, 0.3) is 5.91 Å². The van der Waals surface area contributed by atoms with Crippen LogP contribution in [0.2, 0.25) is 0 Å². The lowest BCUT2D eigenvalue weighted by Crippen LogP contribution is -2.34. The van der Waals surface area contributed by atoms with Crippen LogP contribution in [0.1, 0.15) is 51.5 Å². The van der Waals surface area contributed by atoms with Crippen molar-refractivity contribution in [1.29, 1.82) is 0 Å². The highest BCUT2D eigenvalue weighted by Crippen LogP contribution is 2.26. The first kappa shape index (κ1) is 19.0. The van der Waals surface area contributed by atoms with Gasteiger partial charge in [0.05, 0.1) is 11.7 Å². The number of ether oxygens (including phenoxy) is 1. The smallest absolute Gasteiger partial charge is 0.340 e. The maximum atomic E-state index is 13.2. The number of amides is 1. The van der Waals surface area contributed by atoms with E-state index in [9.17, 15) is 9.59 Å². The van der Waals surface area contributed by atoms with E-state index in [4.69, 9.17) is 4.74 Å². The number of esters is 1. The summed E-state index contributed by atoms with van der Waals surface area (Å²) in [5, 5.41) is 0. The number of likely N-dealkylation sites (N-methyl/N-ethyl adjacent to an activating group) is 1. The van der Waals surface area contributed by atoms with Crippen molar-refractivity contribution >= 4 is 17.6 Å². The van der Waals surface area contributed by atoms with Crippen molar-refractivity contribution in [3.63, 3.8) is 0 Å². The van der Waals surface area contributed by atoms with Gasteiger partial charge in [-0.05, 0) is 44.9 Å². The minimum atomic E-state index is -0.392. The number of carbonyl (C=O) groups excluding carboxylic acids is 2. The molecule has 1 aromatic heterocycles. The molecule has 2 aromatic rings. The molecule has 0 saturated heterocycles. The molecule has 0 radical (unpaired) electrons. The molecule has 0 bridgehead atoms. The van der Waals surface area contributed by atoms with Gasteiger partial charge in [-0.15, -0.1) is 0 Å². The van der Waals surface area contributed by atoms with Gasteiger partial charge >= 0.3 is 5.97 Å². The van der Waals surface area contributed by atoms with Gasteiger partial charge in [-0.1, -0.05) is 18.2 Å². The normalized spacial score (nSPS) is 14.1. The molecular weight excluding hydrogens is 342 g/mol. The Bertz CT molecular complexity index is 870. The molecular formula is C21H27N3O3. The van der Waals surface area contributed by atoms with E-state index < -0.39 is 5.97 Å². The number of hydrogen-bond donors (Lipinski definition) is 1. The molecule has 1 aliphatic heterocycles. The van der Waals surface area contributed by atoms with E-state index in [1.54, 1.807) is 13.8 Å². The second-order valence-corrected chi connectivity index (χ2v) is 7.36. The Hall–Kier alpha value is -2.76. The maximum Gasteiger partial charge on any atom is 0.340 e. The van der Waals surface area contributed by atoms with Crippen molar-refractivity contribution in [2.24, 2.45) is 0 Å². The lowest BCUT2D eigenvalue weighted by atomic mass is 10.1. The van der Waals surface area contributed by atoms with E-state index in [1.165, 1.54) is 0 Å². The van der Waals surface area contributed by atoms with Crippen molar-refractivity contribution < 1.29 is 14.3 Å². The minimum absolute atomic E-state index is 0.0932. The summed E-state index contributed by atoms with van der Waals surface area (Å²) in [5.74, 6) is -0.486. The molecule has 0 saturated carbocycles. The number of hydrogen-bond acceptors (Lipinski definition) is 4. The zero-order valence-corrected chi connectivity index (χ0v) is 16.6. The molecule has 0 atom stereocenters. The van der Waals surface area contributed by atoms with Crippen LogP contribution in [0.4, 0.5) is 5.69 Å². The van der Waals surface area contributed by atoms with E-state index in [0.29, 0.717) is 35.6 Å². The van der Waals surface area contributed by atoms with Gasteiger partial charge in [-0.2, -0.15) is 0 Å². The third kappa shape index (κ3) is 3.70. The van der Waals surface area contributed by atoms with Gasteiger partial charge in [-0.25, -0.2) is 4.79 Å². The quantitative estimate of drug-likeness (QED) is 0.843. The summed E-state index contributed by atoms with van der Waals surface area (Å²) in [7, 11) is 2.04. The number of nitrogens with one attached hydrogen (secondary N) is 1. The van der Waals surface area contributed by atoms with Crippen LogP contribution in [-0.4, -0.2) is 48.0 Å². The molecule has 6 heteroatoms. The first-order valence-electron chi connectivity index (χ1n) is 9.28. The van der Waals surface area contributed by atoms with Crippen LogP contribution in [-0.2, 0) is 11.3 Å². The molecule has 0 fully saturated rings. The van der Waals surface area contributed by atoms with Crippen molar-refractivity contribution in [3.05, 3.63) is 52.3 Å². The molecule has 0 spiro atoms. The van der Waals surface area contributed by atoms with Crippen LogP contribution in [0.3, 0.4) is 0 Å². The highest BCUT2D eigenvalue weighted by Gasteiger charge is 2.28.